The Bertz CT molecular complexity index is 1150. The fourth-order valence-corrected chi connectivity index (χ4v) is 8.25. The monoisotopic (exact) mass is 556 g/mol. The van der Waals surface area contributed by atoms with E-state index in [9.17, 15) is 24.6 Å². The summed E-state index contributed by atoms with van der Waals surface area (Å²) in [6, 6.07) is 0. The lowest BCUT2D eigenvalue weighted by Crippen LogP contribution is -2.61. The van der Waals surface area contributed by atoms with Crippen LogP contribution in [-0.4, -0.2) is 52.9 Å². The zero-order valence-electron chi connectivity index (χ0n) is 25.7. The van der Waals surface area contributed by atoms with Crippen molar-refractivity contribution in [3.63, 3.8) is 0 Å². The molecule has 3 aliphatic carbocycles. The highest BCUT2D eigenvalue weighted by Gasteiger charge is 2.68. The van der Waals surface area contributed by atoms with E-state index < -0.39 is 35.2 Å². The van der Waals surface area contributed by atoms with E-state index in [0.29, 0.717) is 25.7 Å². The van der Waals surface area contributed by atoms with Crippen LogP contribution in [0.5, 0.6) is 0 Å². The summed E-state index contributed by atoms with van der Waals surface area (Å²) in [4.78, 5) is 38.1. The van der Waals surface area contributed by atoms with Gasteiger partial charge >= 0.3 is 11.9 Å². The minimum atomic E-state index is -1.20. The molecule has 0 aliphatic heterocycles. The van der Waals surface area contributed by atoms with Crippen LogP contribution >= 0.6 is 0 Å². The molecule has 3 saturated carbocycles. The molecule has 2 N–H and O–H groups in total. The summed E-state index contributed by atoms with van der Waals surface area (Å²) < 4.78 is 10.9. The first-order valence-electron chi connectivity index (χ1n) is 14.4. The van der Waals surface area contributed by atoms with Gasteiger partial charge < -0.3 is 19.7 Å². The van der Waals surface area contributed by atoms with E-state index in [2.05, 4.69) is 13.8 Å². The van der Waals surface area contributed by atoms with Crippen molar-refractivity contribution >= 4 is 17.7 Å². The van der Waals surface area contributed by atoms with E-state index in [1.54, 1.807) is 27.9 Å². The van der Waals surface area contributed by atoms with Gasteiger partial charge in [-0.05, 0) is 83.1 Å². The SMILES string of the molecule is COC(/C=C/C(C)=C/C=C/C(C)=C1\C(=O)C[C@H]2[C@@]3(C)CC[C@H](OC(C)=O)[C@](C)(C(=O)O)[C@@H]3CC[C@]12C)C(C)(C)O. The van der Waals surface area contributed by atoms with Crippen molar-refractivity contribution in [3.8, 4) is 0 Å². The third-order valence-corrected chi connectivity index (χ3v) is 10.2. The Labute approximate surface area is 239 Å². The minimum absolute atomic E-state index is 0.0228. The molecule has 7 heteroatoms. The van der Waals surface area contributed by atoms with Crippen LogP contribution in [0.25, 0.3) is 0 Å². The van der Waals surface area contributed by atoms with Gasteiger partial charge in [-0.2, -0.15) is 0 Å². The van der Waals surface area contributed by atoms with Crippen LogP contribution in [0.15, 0.2) is 47.1 Å². The topological polar surface area (TPSA) is 110 Å². The van der Waals surface area contributed by atoms with Gasteiger partial charge in [-0.1, -0.05) is 49.8 Å². The zero-order valence-corrected chi connectivity index (χ0v) is 25.7. The molecule has 7 nitrogen and oxygen atoms in total. The molecule has 0 amide bonds. The Hall–Kier alpha value is -2.51. The second-order valence-corrected chi connectivity index (χ2v) is 13.4. The first kappa shape index (κ1) is 32.0. The third-order valence-electron chi connectivity index (χ3n) is 10.2. The second kappa shape index (κ2) is 11.4. The molecule has 0 radical (unpaired) electrons. The summed E-state index contributed by atoms with van der Waals surface area (Å²) in [6.07, 6.45) is 11.5. The van der Waals surface area contributed by atoms with Gasteiger partial charge in [0.15, 0.2) is 5.78 Å². The highest BCUT2D eigenvalue weighted by molar-refractivity contribution is 6.01. The van der Waals surface area contributed by atoms with E-state index in [1.165, 1.54) is 6.92 Å². The summed E-state index contributed by atoms with van der Waals surface area (Å²) in [5, 5.41) is 20.6. The number of hydrogen-bond donors (Lipinski definition) is 2. The number of ketones is 1. The number of carboxylic acid groups (broad SMARTS) is 1. The molecule has 0 bridgehead atoms. The summed E-state index contributed by atoms with van der Waals surface area (Å²) >= 11 is 0. The smallest absolute Gasteiger partial charge is 0.313 e. The Morgan fingerprint density at radius 1 is 1.05 bits per heavy atom. The first-order chi connectivity index (χ1) is 18.4. The van der Waals surface area contributed by atoms with Crippen molar-refractivity contribution in [1.29, 1.82) is 0 Å². The quantitative estimate of drug-likeness (QED) is 0.215. The fraction of sp³-hybridized carbons (Fsp3) is 0.667. The van der Waals surface area contributed by atoms with Gasteiger partial charge in [0.2, 0.25) is 0 Å². The summed E-state index contributed by atoms with van der Waals surface area (Å²) in [5.41, 5.74) is -0.129. The Morgan fingerprint density at radius 3 is 2.25 bits per heavy atom. The summed E-state index contributed by atoms with van der Waals surface area (Å²) in [7, 11) is 1.57. The van der Waals surface area contributed by atoms with E-state index >= 15 is 0 Å². The van der Waals surface area contributed by atoms with Crippen LogP contribution in [0.1, 0.15) is 87.5 Å². The number of carboxylic acids is 1. The van der Waals surface area contributed by atoms with Crippen LogP contribution in [0.3, 0.4) is 0 Å². The van der Waals surface area contributed by atoms with Crippen molar-refractivity contribution in [2.45, 2.75) is 105 Å². The van der Waals surface area contributed by atoms with Gasteiger partial charge in [-0.25, -0.2) is 0 Å². The molecule has 7 atom stereocenters. The molecular weight excluding hydrogens is 508 g/mol. The lowest BCUT2D eigenvalue weighted by Gasteiger charge is -2.61. The highest BCUT2D eigenvalue weighted by atomic mass is 16.5. The predicted octanol–water partition coefficient (Wildman–Crippen LogP) is 5.98. The molecule has 0 aromatic carbocycles. The van der Waals surface area contributed by atoms with Crippen LogP contribution in [0, 0.1) is 28.1 Å². The average molecular weight is 557 g/mol. The molecule has 0 saturated heterocycles. The number of esters is 1. The van der Waals surface area contributed by atoms with Gasteiger partial charge in [0, 0.05) is 31.4 Å². The number of hydrogen-bond acceptors (Lipinski definition) is 6. The molecule has 0 aromatic heterocycles. The largest absolute Gasteiger partial charge is 0.481 e. The second-order valence-electron chi connectivity index (χ2n) is 13.4. The van der Waals surface area contributed by atoms with Crippen molar-refractivity contribution in [2.75, 3.05) is 7.11 Å². The van der Waals surface area contributed by atoms with Crippen molar-refractivity contribution in [3.05, 3.63) is 47.1 Å². The lowest BCUT2D eigenvalue weighted by atomic mass is 9.42. The maximum atomic E-state index is 13.6. The normalized spacial score (nSPS) is 36.9. The molecular formula is C33H48O7. The summed E-state index contributed by atoms with van der Waals surface area (Å²) in [5.74, 6) is -1.43. The van der Waals surface area contributed by atoms with Gasteiger partial charge in [-0.15, -0.1) is 0 Å². The molecule has 40 heavy (non-hydrogen) atoms. The number of fused-ring (bicyclic) bond motifs is 3. The van der Waals surface area contributed by atoms with E-state index in [1.807, 2.05) is 44.2 Å². The molecule has 3 fully saturated rings. The number of methoxy groups -OCH3 is 1. The number of allylic oxidation sites excluding steroid dienone is 7. The maximum Gasteiger partial charge on any atom is 0.313 e. The van der Waals surface area contributed by atoms with E-state index in [4.69, 9.17) is 9.47 Å². The zero-order chi connectivity index (χ0) is 30.3. The summed E-state index contributed by atoms with van der Waals surface area (Å²) in [6.45, 7) is 14.8. The molecule has 0 spiro atoms. The number of aliphatic carboxylic acids is 1. The average Bonchev–Trinajstić information content (AvgIpc) is 3.11. The lowest BCUT2D eigenvalue weighted by molar-refractivity contribution is -0.204. The number of carbonyl (C=O) groups is 3. The maximum absolute atomic E-state index is 13.6. The molecule has 3 aliphatic rings. The van der Waals surface area contributed by atoms with Gasteiger partial charge in [0.1, 0.15) is 17.6 Å². The molecule has 222 valence electrons. The van der Waals surface area contributed by atoms with Crippen LogP contribution in [0.2, 0.25) is 0 Å². The number of rotatable bonds is 8. The van der Waals surface area contributed by atoms with E-state index in [0.717, 1.165) is 23.1 Å². The highest BCUT2D eigenvalue weighted by Crippen LogP contribution is 2.69. The third kappa shape index (κ3) is 5.64. The molecule has 0 heterocycles. The number of ether oxygens (including phenoxy) is 2. The predicted molar refractivity (Wildman–Crippen MR) is 154 cm³/mol. The minimum Gasteiger partial charge on any atom is -0.481 e. The van der Waals surface area contributed by atoms with Gasteiger partial charge in [-0.3, -0.25) is 14.4 Å². The van der Waals surface area contributed by atoms with Crippen LogP contribution < -0.4 is 0 Å². The van der Waals surface area contributed by atoms with Crippen LogP contribution in [0.4, 0.5) is 0 Å². The molecule has 0 aromatic rings. The van der Waals surface area contributed by atoms with Crippen molar-refractivity contribution in [2.24, 2.45) is 28.1 Å². The number of carbonyl (C=O) groups excluding carboxylic acids is 2. The van der Waals surface area contributed by atoms with Crippen molar-refractivity contribution in [1.82, 2.24) is 0 Å². The molecule has 1 unspecified atom stereocenters. The van der Waals surface area contributed by atoms with Gasteiger partial charge in [0.05, 0.1) is 5.60 Å². The Kier molecular flexibility index (Phi) is 9.12. The Balaban J connectivity index is 1.90. The fourth-order valence-electron chi connectivity index (χ4n) is 8.25. The molecule has 3 rings (SSSR count). The number of aliphatic hydroxyl groups is 1. The van der Waals surface area contributed by atoms with Crippen LogP contribution in [-0.2, 0) is 23.9 Å². The standard InChI is InChI=1S/C33H48O7/c1-20(13-14-26(39-9)30(4,5)38)11-10-12-21(2)28-23(35)19-25-31(6)18-16-27(40-22(3)34)33(8,29(36)37)24(31)15-17-32(25,28)7/h10-14,24-27,38H,15-19H2,1-9H3,(H,36,37)/b12-10+,14-13+,20-11+,28-21+/t24-,25+,26?,27+,31+,32+,33-/m1/s1. The Morgan fingerprint density at radius 2 is 1.70 bits per heavy atom. The first-order valence-corrected chi connectivity index (χ1v) is 14.4. The van der Waals surface area contributed by atoms with Crippen molar-refractivity contribution < 1.29 is 34.1 Å². The number of Topliss-reactive ketones (excluding diaryl/α,β-unsaturated/α-hetero) is 1. The van der Waals surface area contributed by atoms with E-state index in [-0.39, 0.29) is 28.4 Å². The van der Waals surface area contributed by atoms with Gasteiger partial charge in [0.25, 0.3) is 0 Å².